The molecule has 6 nitrogen and oxygen atoms in total. The Labute approximate surface area is 153 Å². The van der Waals surface area contributed by atoms with Gasteiger partial charge in [-0.05, 0) is 32.6 Å². The summed E-state index contributed by atoms with van der Waals surface area (Å²) in [7, 11) is 1.85. The Morgan fingerprint density at radius 3 is 2.60 bits per heavy atom. The molecule has 2 N–H and O–H groups in total. The van der Waals surface area contributed by atoms with Crippen LogP contribution in [0, 0.1) is 12.8 Å². The van der Waals surface area contributed by atoms with Crippen molar-refractivity contribution >= 4 is 28.3 Å². The SMILES string of the molecule is Cc1csc(NC(=O)C2CCCC(NC3CCC3)CN(C)C(=O)C2)n1. The maximum Gasteiger partial charge on any atom is 0.229 e. The van der Waals surface area contributed by atoms with E-state index < -0.39 is 0 Å². The molecule has 138 valence electrons. The van der Waals surface area contributed by atoms with Crippen LogP contribution in [0.25, 0.3) is 0 Å². The zero-order chi connectivity index (χ0) is 17.8. The minimum Gasteiger partial charge on any atom is -0.344 e. The molecule has 2 heterocycles. The molecular weight excluding hydrogens is 336 g/mol. The maximum atomic E-state index is 12.6. The number of aryl methyl sites for hydroxylation is 1. The molecule has 0 aromatic carbocycles. The minimum absolute atomic E-state index is 0.0535. The number of carbonyl (C=O) groups is 2. The largest absolute Gasteiger partial charge is 0.344 e. The van der Waals surface area contributed by atoms with Crippen molar-refractivity contribution in [3.8, 4) is 0 Å². The number of likely N-dealkylation sites (N-methyl/N-ethyl adjacent to an activating group) is 1. The molecular formula is C18H28N4O2S. The number of aromatic nitrogens is 1. The van der Waals surface area contributed by atoms with Crippen molar-refractivity contribution < 1.29 is 9.59 Å². The van der Waals surface area contributed by atoms with Crippen molar-refractivity contribution in [2.75, 3.05) is 18.9 Å². The third-order valence-electron chi connectivity index (χ3n) is 5.24. The van der Waals surface area contributed by atoms with Crippen LogP contribution in [-0.2, 0) is 9.59 Å². The molecule has 25 heavy (non-hydrogen) atoms. The van der Waals surface area contributed by atoms with Crippen LogP contribution in [-0.4, -0.2) is 47.4 Å². The Balaban J connectivity index is 1.59. The van der Waals surface area contributed by atoms with Crippen LogP contribution in [0.4, 0.5) is 5.13 Å². The summed E-state index contributed by atoms with van der Waals surface area (Å²) in [5.74, 6) is -0.305. The summed E-state index contributed by atoms with van der Waals surface area (Å²) in [5.41, 5.74) is 0.899. The van der Waals surface area contributed by atoms with Crippen LogP contribution in [0.5, 0.6) is 0 Å². The monoisotopic (exact) mass is 364 g/mol. The molecule has 2 fully saturated rings. The Hall–Kier alpha value is -1.47. The number of nitrogens with one attached hydrogen (secondary N) is 2. The number of hydrogen-bond donors (Lipinski definition) is 2. The fraction of sp³-hybridized carbons (Fsp3) is 0.722. The van der Waals surface area contributed by atoms with E-state index in [4.69, 9.17) is 0 Å². The van der Waals surface area contributed by atoms with Gasteiger partial charge in [-0.3, -0.25) is 9.59 Å². The van der Waals surface area contributed by atoms with E-state index in [-0.39, 0.29) is 24.2 Å². The van der Waals surface area contributed by atoms with E-state index >= 15 is 0 Å². The minimum atomic E-state index is -0.276. The molecule has 1 aromatic rings. The number of rotatable bonds is 4. The van der Waals surface area contributed by atoms with E-state index in [1.54, 1.807) is 4.90 Å². The van der Waals surface area contributed by atoms with Gasteiger partial charge in [-0.1, -0.05) is 12.8 Å². The van der Waals surface area contributed by atoms with Crippen molar-refractivity contribution in [3.05, 3.63) is 11.1 Å². The quantitative estimate of drug-likeness (QED) is 0.861. The lowest BCUT2D eigenvalue weighted by atomic mass is 9.91. The second-order valence-corrected chi connectivity index (χ2v) is 8.24. The maximum absolute atomic E-state index is 12.6. The lowest BCUT2D eigenvalue weighted by molar-refractivity contribution is -0.134. The van der Waals surface area contributed by atoms with E-state index in [9.17, 15) is 9.59 Å². The normalized spacial score (nSPS) is 25.7. The number of thiazole rings is 1. The van der Waals surface area contributed by atoms with Gasteiger partial charge in [-0.15, -0.1) is 11.3 Å². The molecule has 1 aliphatic heterocycles. The highest BCUT2D eigenvalue weighted by atomic mass is 32.1. The molecule has 2 unspecified atom stereocenters. The number of carbonyl (C=O) groups excluding carboxylic acids is 2. The lowest BCUT2D eigenvalue weighted by Gasteiger charge is -2.33. The summed E-state index contributed by atoms with van der Waals surface area (Å²) < 4.78 is 0. The van der Waals surface area contributed by atoms with Gasteiger partial charge in [0.1, 0.15) is 0 Å². The van der Waals surface area contributed by atoms with Crippen molar-refractivity contribution in [2.24, 2.45) is 5.92 Å². The number of nitrogens with zero attached hydrogens (tertiary/aromatic N) is 2. The van der Waals surface area contributed by atoms with Gasteiger partial charge in [0.15, 0.2) is 5.13 Å². The number of anilines is 1. The molecule has 1 saturated carbocycles. The van der Waals surface area contributed by atoms with Crippen LogP contribution in [0.15, 0.2) is 5.38 Å². The second kappa shape index (κ2) is 8.27. The molecule has 0 bridgehead atoms. The predicted molar refractivity (Wildman–Crippen MR) is 99.6 cm³/mol. The second-order valence-electron chi connectivity index (χ2n) is 7.38. The summed E-state index contributed by atoms with van der Waals surface area (Å²) in [6.45, 7) is 2.63. The molecule has 2 aliphatic rings. The van der Waals surface area contributed by atoms with Crippen molar-refractivity contribution in [2.45, 2.75) is 64.0 Å². The summed E-state index contributed by atoms with van der Waals surface area (Å²) >= 11 is 1.42. The molecule has 1 aromatic heterocycles. The third-order valence-corrected chi connectivity index (χ3v) is 6.12. The van der Waals surface area contributed by atoms with Crippen LogP contribution >= 0.6 is 11.3 Å². The third kappa shape index (κ3) is 5.01. The van der Waals surface area contributed by atoms with E-state index in [0.717, 1.165) is 31.5 Å². The molecule has 1 aliphatic carbocycles. The fourth-order valence-corrected chi connectivity index (χ4v) is 4.18. The first-order valence-electron chi connectivity index (χ1n) is 9.24. The van der Waals surface area contributed by atoms with Gasteiger partial charge in [0.25, 0.3) is 0 Å². The van der Waals surface area contributed by atoms with E-state index in [1.165, 1.54) is 30.6 Å². The van der Waals surface area contributed by atoms with Crippen molar-refractivity contribution in [1.82, 2.24) is 15.2 Å². The van der Waals surface area contributed by atoms with E-state index in [1.807, 2.05) is 19.4 Å². The summed E-state index contributed by atoms with van der Waals surface area (Å²) in [5, 5.41) is 9.10. The van der Waals surface area contributed by atoms with Gasteiger partial charge in [0.2, 0.25) is 11.8 Å². The molecule has 7 heteroatoms. The highest BCUT2D eigenvalue weighted by Crippen LogP contribution is 2.24. The van der Waals surface area contributed by atoms with Crippen molar-refractivity contribution in [1.29, 1.82) is 0 Å². The highest BCUT2D eigenvalue weighted by Gasteiger charge is 2.29. The van der Waals surface area contributed by atoms with Crippen LogP contribution < -0.4 is 10.6 Å². The first-order chi connectivity index (χ1) is 12.0. The summed E-state index contributed by atoms with van der Waals surface area (Å²) in [6, 6.07) is 0.948. The zero-order valence-electron chi connectivity index (χ0n) is 15.1. The molecule has 2 amide bonds. The first-order valence-corrected chi connectivity index (χ1v) is 10.1. The van der Waals surface area contributed by atoms with Gasteiger partial charge in [0.05, 0.1) is 5.69 Å². The molecule has 0 radical (unpaired) electrons. The Morgan fingerprint density at radius 2 is 1.96 bits per heavy atom. The zero-order valence-corrected chi connectivity index (χ0v) is 15.9. The van der Waals surface area contributed by atoms with Crippen LogP contribution in [0.2, 0.25) is 0 Å². The Morgan fingerprint density at radius 1 is 1.24 bits per heavy atom. The average molecular weight is 365 g/mol. The fourth-order valence-electron chi connectivity index (χ4n) is 3.49. The summed E-state index contributed by atoms with van der Waals surface area (Å²) in [6.07, 6.45) is 6.78. The van der Waals surface area contributed by atoms with Crippen LogP contribution in [0.3, 0.4) is 0 Å². The van der Waals surface area contributed by atoms with Gasteiger partial charge in [-0.25, -0.2) is 4.98 Å². The smallest absolute Gasteiger partial charge is 0.229 e. The Bertz CT molecular complexity index is 614. The van der Waals surface area contributed by atoms with Gasteiger partial charge < -0.3 is 15.5 Å². The standard InChI is InChI=1S/C18H28N4O2S/c1-12-11-25-18(19-12)21-17(24)13-5-3-8-15(20-14-6-4-7-14)10-22(2)16(23)9-13/h11,13-15,20H,3-10H2,1-2H3,(H,19,21,24). The predicted octanol–water partition coefficient (Wildman–Crippen LogP) is 2.55. The van der Waals surface area contributed by atoms with Crippen LogP contribution in [0.1, 0.15) is 50.6 Å². The van der Waals surface area contributed by atoms with Crippen molar-refractivity contribution in [3.63, 3.8) is 0 Å². The molecule has 0 spiro atoms. The summed E-state index contributed by atoms with van der Waals surface area (Å²) in [4.78, 5) is 31.2. The van der Waals surface area contributed by atoms with Gasteiger partial charge >= 0.3 is 0 Å². The van der Waals surface area contributed by atoms with E-state index in [0.29, 0.717) is 17.2 Å². The van der Waals surface area contributed by atoms with E-state index in [2.05, 4.69) is 15.6 Å². The number of amides is 2. The first kappa shape index (κ1) is 18.3. The average Bonchev–Trinajstić information content (AvgIpc) is 2.95. The van der Waals surface area contributed by atoms with Gasteiger partial charge in [0, 0.05) is 43.4 Å². The Kier molecular flexibility index (Phi) is 6.06. The molecule has 3 rings (SSSR count). The number of hydrogen-bond acceptors (Lipinski definition) is 5. The molecule has 2 atom stereocenters. The molecule has 1 saturated heterocycles. The topological polar surface area (TPSA) is 74.3 Å². The highest BCUT2D eigenvalue weighted by molar-refractivity contribution is 7.13. The van der Waals surface area contributed by atoms with Gasteiger partial charge in [-0.2, -0.15) is 0 Å². The lowest BCUT2D eigenvalue weighted by Crippen LogP contribution is -2.48.